The van der Waals surface area contributed by atoms with Crippen LogP contribution in [0.1, 0.15) is 25.0 Å². The Balaban J connectivity index is 2.45. The Morgan fingerprint density at radius 3 is 2.50 bits per heavy atom. The van der Waals surface area contributed by atoms with Gasteiger partial charge in [0.2, 0.25) is 0 Å². The van der Waals surface area contributed by atoms with E-state index in [0.717, 1.165) is 13.0 Å². The Morgan fingerprint density at radius 2 is 1.94 bits per heavy atom. The summed E-state index contributed by atoms with van der Waals surface area (Å²) in [7, 11) is 3.99. The van der Waals surface area contributed by atoms with Crippen LogP contribution in [0, 0.1) is 0 Å². The number of hydrogen-bond donors (Lipinski definition) is 2. The lowest BCUT2D eigenvalue weighted by Gasteiger charge is -2.19. The lowest BCUT2D eigenvalue weighted by atomic mass is 10.1. The smallest absolute Gasteiger partial charge is 0.253 e. The van der Waals surface area contributed by atoms with Crippen molar-refractivity contribution < 1.29 is 9.90 Å². The first-order chi connectivity index (χ1) is 8.50. The maximum atomic E-state index is 11.8. The highest BCUT2D eigenvalue weighted by atomic mass is 16.3. The Hall–Kier alpha value is -1.39. The van der Waals surface area contributed by atoms with E-state index in [1.54, 1.807) is 24.3 Å². The molecule has 1 aromatic rings. The van der Waals surface area contributed by atoms with Crippen LogP contribution in [-0.2, 0) is 4.79 Å². The SMILES string of the molecule is CC(CCN(C)C)NC(=O)C(O)c1ccccc1. The van der Waals surface area contributed by atoms with Crippen LogP contribution < -0.4 is 5.32 Å². The number of rotatable bonds is 6. The average Bonchev–Trinajstić information content (AvgIpc) is 2.36. The molecule has 0 saturated heterocycles. The predicted molar refractivity (Wildman–Crippen MR) is 72.2 cm³/mol. The maximum absolute atomic E-state index is 11.8. The molecule has 1 rings (SSSR count). The second-order valence-electron chi connectivity index (χ2n) is 4.81. The van der Waals surface area contributed by atoms with Crippen molar-refractivity contribution >= 4 is 5.91 Å². The van der Waals surface area contributed by atoms with Gasteiger partial charge in [0.15, 0.2) is 6.10 Å². The van der Waals surface area contributed by atoms with Crippen LogP contribution in [-0.4, -0.2) is 42.6 Å². The Labute approximate surface area is 109 Å². The highest BCUT2D eigenvalue weighted by Crippen LogP contribution is 2.12. The Bertz CT molecular complexity index is 365. The van der Waals surface area contributed by atoms with Crippen molar-refractivity contribution in [3.8, 4) is 0 Å². The number of nitrogens with zero attached hydrogens (tertiary/aromatic N) is 1. The zero-order valence-corrected chi connectivity index (χ0v) is 11.3. The topological polar surface area (TPSA) is 52.6 Å². The van der Waals surface area contributed by atoms with Crippen molar-refractivity contribution in [3.63, 3.8) is 0 Å². The van der Waals surface area contributed by atoms with E-state index < -0.39 is 6.10 Å². The van der Waals surface area contributed by atoms with Crippen LogP contribution in [0.5, 0.6) is 0 Å². The summed E-state index contributed by atoms with van der Waals surface area (Å²) in [6, 6.07) is 9.01. The molecule has 1 amide bonds. The quantitative estimate of drug-likeness (QED) is 0.797. The normalized spacial score (nSPS) is 14.3. The van der Waals surface area contributed by atoms with Crippen molar-refractivity contribution in [2.45, 2.75) is 25.5 Å². The summed E-state index contributed by atoms with van der Waals surface area (Å²) in [5, 5.41) is 12.7. The van der Waals surface area contributed by atoms with E-state index in [0.29, 0.717) is 5.56 Å². The average molecular weight is 250 g/mol. The molecule has 2 unspecified atom stereocenters. The predicted octanol–water partition coefficient (Wildman–Crippen LogP) is 1.18. The molecule has 2 atom stereocenters. The maximum Gasteiger partial charge on any atom is 0.253 e. The van der Waals surface area contributed by atoms with E-state index in [1.807, 2.05) is 27.1 Å². The summed E-state index contributed by atoms with van der Waals surface area (Å²) in [4.78, 5) is 13.9. The fourth-order valence-corrected chi connectivity index (χ4v) is 1.63. The minimum absolute atomic E-state index is 0.0539. The van der Waals surface area contributed by atoms with E-state index in [1.165, 1.54) is 0 Å². The highest BCUT2D eigenvalue weighted by Gasteiger charge is 2.18. The van der Waals surface area contributed by atoms with Crippen LogP contribution in [0.25, 0.3) is 0 Å². The molecule has 0 aliphatic rings. The third-order valence-corrected chi connectivity index (χ3v) is 2.76. The summed E-state index contributed by atoms with van der Waals surface area (Å²) < 4.78 is 0. The second kappa shape index (κ2) is 7.13. The molecule has 0 aliphatic carbocycles. The van der Waals surface area contributed by atoms with Crippen LogP contribution >= 0.6 is 0 Å². The summed E-state index contributed by atoms with van der Waals surface area (Å²) in [6.45, 7) is 2.85. The number of amides is 1. The molecule has 0 aromatic heterocycles. The summed E-state index contributed by atoms with van der Waals surface area (Å²) in [5.74, 6) is -0.340. The number of carbonyl (C=O) groups is 1. The second-order valence-corrected chi connectivity index (χ2v) is 4.81. The van der Waals surface area contributed by atoms with Crippen molar-refractivity contribution in [1.82, 2.24) is 10.2 Å². The van der Waals surface area contributed by atoms with Gasteiger partial charge in [-0.05, 0) is 39.5 Å². The number of aliphatic hydroxyl groups excluding tert-OH is 1. The minimum atomic E-state index is -1.09. The molecule has 0 bridgehead atoms. The molecule has 0 saturated carbocycles. The molecular weight excluding hydrogens is 228 g/mol. The van der Waals surface area contributed by atoms with Gasteiger partial charge in [0.1, 0.15) is 0 Å². The van der Waals surface area contributed by atoms with Crippen LogP contribution in [0.3, 0.4) is 0 Å². The number of aliphatic hydroxyl groups is 1. The van der Waals surface area contributed by atoms with Gasteiger partial charge < -0.3 is 15.3 Å². The number of benzene rings is 1. The standard InChI is InChI=1S/C14H22N2O2/c1-11(9-10-16(2)3)15-14(18)13(17)12-7-5-4-6-8-12/h4-8,11,13,17H,9-10H2,1-3H3,(H,15,18). The largest absolute Gasteiger partial charge is 0.378 e. The molecule has 2 N–H and O–H groups in total. The van der Waals surface area contributed by atoms with E-state index in [4.69, 9.17) is 0 Å². The molecule has 0 radical (unpaired) electrons. The van der Waals surface area contributed by atoms with Crippen molar-refractivity contribution in [3.05, 3.63) is 35.9 Å². The number of hydrogen-bond acceptors (Lipinski definition) is 3. The molecule has 4 nitrogen and oxygen atoms in total. The first kappa shape index (κ1) is 14.7. The lowest BCUT2D eigenvalue weighted by Crippen LogP contribution is -2.37. The van der Waals surface area contributed by atoms with Crippen LogP contribution in [0.15, 0.2) is 30.3 Å². The molecule has 4 heteroatoms. The monoisotopic (exact) mass is 250 g/mol. The van der Waals surface area contributed by atoms with Gasteiger partial charge in [0, 0.05) is 6.04 Å². The van der Waals surface area contributed by atoms with Gasteiger partial charge in [-0.1, -0.05) is 30.3 Å². The van der Waals surface area contributed by atoms with Crippen molar-refractivity contribution in [1.29, 1.82) is 0 Å². The highest BCUT2D eigenvalue weighted by molar-refractivity contribution is 5.82. The van der Waals surface area contributed by atoms with Crippen molar-refractivity contribution in [2.24, 2.45) is 0 Å². The summed E-state index contributed by atoms with van der Waals surface area (Å²) in [5.41, 5.74) is 0.620. The van der Waals surface area contributed by atoms with Gasteiger partial charge in [-0.2, -0.15) is 0 Å². The molecule has 1 aromatic carbocycles. The van der Waals surface area contributed by atoms with Gasteiger partial charge in [0.25, 0.3) is 5.91 Å². The van der Waals surface area contributed by atoms with Gasteiger partial charge >= 0.3 is 0 Å². The summed E-state index contributed by atoms with van der Waals surface area (Å²) >= 11 is 0. The molecule has 100 valence electrons. The minimum Gasteiger partial charge on any atom is -0.378 e. The number of nitrogens with one attached hydrogen (secondary N) is 1. The zero-order valence-electron chi connectivity index (χ0n) is 11.3. The fourth-order valence-electron chi connectivity index (χ4n) is 1.63. The van der Waals surface area contributed by atoms with Gasteiger partial charge in [0.05, 0.1) is 0 Å². The molecule has 0 spiro atoms. The molecule has 0 fully saturated rings. The van der Waals surface area contributed by atoms with E-state index in [9.17, 15) is 9.90 Å². The Morgan fingerprint density at radius 1 is 1.33 bits per heavy atom. The first-order valence-electron chi connectivity index (χ1n) is 6.19. The Kier molecular flexibility index (Phi) is 5.82. The van der Waals surface area contributed by atoms with Crippen LogP contribution in [0.4, 0.5) is 0 Å². The van der Waals surface area contributed by atoms with E-state index in [2.05, 4.69) is 10.2 Å². The fraction of sp³-hybridized carbons (Fsp3) is 0.500. The molecular formula is C14H22N2O2. The third-order valence-electron chi connectivity index (χ3n) is 2.76. The van der Waals surface area contributed by atoms with Gasteiger partial charge in [-0.15, -0.1) is 0 Å². The van der Waals surface area contributed by atoms with Crippen molar-refractivity contribution in [2.75, 3.05) is 20.6 Å². The summed E-state index contributed by atoms with van der Waals surface area (Å²) in [6.07, 6.45) is -0.228. The number of carbonyl (C=O) groups excluding carboxylic acids is 1. The van der Waals surface area contributed by atoms with E-state index in [-0.39, 0.29) is 11.9 Å². The van der Waals surface area contributed by atoms with Crippen LogP contribution in [0.2, 0.25) is 0 Å². The lowest BCUT2D eigenvalue weighted by molar-refractivity contribution is -0.130. The molecule has 0 heterocycles. The first-order valence-corrected chi connectivity index (χ1v) is 6.19. The van der Waals surface area contributed by atoms with Gasteiger partial charge in [-0.3, -0.25) is 4.79 Å². The molecule has 18 heavy (non-hydrogen) atoms. The van der Waals surface area contributed by atoms with E-state index >= 15 is 0 Å². The zero-order chi connectivity index (χ0) is 13.5. The van der Waals surface area contributed by atoms with Gasteiger partial charge in [-0.25, -0.2) is 0 Å². The third kappa shape index (κ3) is 4.85. The molecule has 0 aliphatic heterocycles.